The highest BCUT2D eigenvalue weighted by Gasteiger charge is 2.18. The Bertz CT molecular complexity index is 784. The first-order valence-electron chi connectivity index (χ1n) is 9.55. The maximum Gasteiger partial charge on any atom is 0.216 e. The molecule has 4 nitrogen and oxygen atoms in total. The largest absolute Gasteiger partial charge is 0.356 e. The van der Waals surface area contributed by atoms with Gasteiger partial charge in [-0.3, -0.25) is 14.4 Å². The molecular formula is C23H29NO3. The highest BCUT2D eigenvalue weighted by Crippen LogP contribution is 2.25. The summed E-state index contributed by atoms with van der Waals surface area (Å²) < 4.78 is 0. The van der Waals surface area contributed by atoms with Gasteiger partial charge in [0.1, 0.15) is 0 Å². The molecule has 0 saturated heterocycles. The monoisotopic (exact) mass is 367 g/mol. The summed E-state index contributed by atoms with van der Waals surface area (Å²) in [5.74, 6) is 0.495. The summed E-state index contributed by atoms with van der Waals surface area (Å²) in [5, 5.41) is 2.80. The Labute approximate surface area is 161 Å². The van der Waals surface area contributed by atoms with Crippen LogP contribution in [0.2, 0.25) is 0 Å². The SMILES string of the molecule is CC(=O)NCCC(C)c1ccc(C(=O)CCC2=C(C)C=C(C)CC2=O)cc1. The lowest BCUT2D eigenvalue weighted by atomic mass is 9.88. The first kappa shape index (κ1) is 20.8. The molecule has 2 rings (SSSR count). The number of hydrogen-bond acceptors (Lipinski definition) is 3. The van der Waals surface area contributed by atoms with E-state index < -0.39 is 0 Å². The van der Waals surface area contributed by atoms with Gasteiger partial charge in [-0.2, -0.15) is 0 Å². The van der Waals surface area contributed by atoms with Crippen LogP contribution in [0.15, 0.2) is 47.1 Å². The van der Waals surface area contributed by atoms with E-state index in [2.05, 4.69) is 12.2 Å². The number of Topliss-reactive ketones (excluding diaryl/α,β-unsaturated/α-hetero) is 2. The fraction of sp³-hybridized carbons (Fsp3) is 0.435. The quantitative estimate of drug-likeness (QED) is 0.687. The lowest BCUT2D eigenvalue weighted by Gasteiger charge is -2.15. The lowest BCUT2D eigenvalue weighted by Crippen LogP contribution is -2.22. The van der Waals surface area contributed by atoms with Gasteiger partial charge in [-0.15, -0.1) is 0 Å². The van der Waals surface area contributed by atoms with Gasteiger partial charge in [0.15, 0.2) is 11.6 Å². The Morgan fingerprint density at radius 2 is 1.81 bits per heavy atom. The number of nitrogens with one attached hydrogen (secondary N) is 1. The van der Waals surface area contributed by atoms with Gasteiger partial charge in [0.05, 0.1) is 0 Å². The minimum atomic E-state index is -0.0180. The van der Waals surface area contributed by atoms with Gasteiger partial charge in [0.25, 0.3) is 0 Å². The van der Waals surface area contributed by atoms with Crippen molar-refractivity contribution in [1.82, 2.24) is 5.32 Å². The van der Waals surface area contributed by atoms with E-state index >= 15 is 0 Å². The highest BCUT2D eigenvalue weighted by atomic mass is 16.1. The molecule has 0 aromatic heterocycles. The molecule has 0 fully saturated rings. The first-order chi connectivity index (χ1) is 12.8. The molecule has 0 aliphatic heterocycles. The topological polar surface area (TPSA) is 63.2 Å². The zero-order valence-corrected chi connectivity index (χ0v) is 16.7. The van der Waals surface area contributed by atoms with E-state index in [1.54, 1.807) is 0 Å². The van der Waals surface area contributed by atoms with E-state index in [0.29, 0.717) is 37.3 Å². The smallest absolute Gasteiger partial charge is 0.216 e. The van der Waals surface area contributed by atoms with E-state index in [1.807, 2.05) is 44.2 Å². The molecule has 0 heterocycles. The highest BCUT2D eigenvalue weighted by molar-refractivity contribution is 6.01. The van der Waals surface area contributed by atoms with Crippen LogP contribution in [0.4, 0.5) is 0 Å². The summed E-state index contributed by atoms with van der Waals surface area (Å²) in [6.45, 7) is 8.17. The summed E-state index contributed by atoms with van der Waals surface area (Å²) in [7, 11) is 0. The molecule has 1 aliphatic carbocycles. The van der Waals surface area contributed by atoms with Crippen LogP contribution >= 0.6 is 0 Å². The molecule has 0 spiro atoms. The van der Waals surface area contributed by atoms with Gasteiger partial charge < -0.3 is 5.32 Å². The third-order valence-electron chi connectivity index (χ3n) is 5.07. The molecule has 1 atom stereocenters. The zero-order valence-electron chi connectivity index (χ0n) is 16.7. The lowest BCUT2D eigenvalue weighted by molar-refractivity contribution is -0.119. The van der Waals surface area contributed by atoms with E-state index in [0.717, 1.165) is 28.7 Å². The van der Waals surface area contributed by atoms with Crippen molar-refractivity contribution in [2.75, 3.05) is 6.54 Å². The number of hydrogen-bond donors (Lipinski definition) is 1. The molecule has 1 unspecified atom stereocenters. The van der Waals surface area contributed by atoms with Gasteiger partial charge in [-0.25, -0.2) is 0 Å². The van der Waals surface area contributed by atoms with Crippen LogP contribution in [0.25, 0.3) is 0 Å². The summed E-state index contributed by atoms with van der Waals surface area (Å²) >= 11 is 0. The zero-order chi connectivity index (χ0) is 20.0. The number of amides is 1. The Morgan fingerprint density at radius 3 is 2.41 bits per heavy atom. The Kier molecular flexibility index (Phi) is 7.28. The van der Waals surface area contributed by atoms with E-state index in [-0.39, 0.29) is 17.5 Å². The Balaban J connectivity index is 1.93. The molecule has 0 saturated carbocycles. The second kappa shape index (κ2) is 9.45. The molecule has 1 aromatic carbocycles. The standard InChI is InChI=1S/C23H29NO3/c1-15-13-17(3)21(23(27)14-15)9-10-22(26)20-7-5-19(6-8-20)16(2)11-12-24-18(4)25/h5-8,13,16H,9-12,14H2,1-4H3,(H,24,25). The second-order valence-electron chi connectivity index (χ2n) is 7.47. The summed E-state index contributed by atoms with van der Waals surface area (Å²) in [5.41, 5.74) is 4.69. The van der Waals surface area contributed by atoms with E-state index in [1.165, 1.54) is 6.92 Å². The van der Waals surface area contributed by atoms with E-state index in [9.17, 15) is 14.4 Å². The summed E-state index contributed by atoms with van der Waals surface area (Å²) in [6, 6.07) is 7.68. The maximum absolute atomic E-state index is 12.5. The van der Waals surface area contributed by atoms with Crippen molar-refractivity contribution < 1.29 is 14.4 Å². The van der Waals surface area contributed by atoms with Gasteiger partial charge in [0.2, 0.25) is 5.91 Å². The Morgan fingerprint density at radius 1 is 1.15 bits per heavy atom. The number of benzene rings is 1. The predicted molar refractivity (Wildman–Crippen MR) is 108 cm³/mol. The normalized spacial score (nSPS) is 15.4. The van der Waals surface area contributed by atoms with Crippen molar-refractivity contribution in [3.05, 3.63) is 58.2 Å². The second-order valence-corrected chi connectivity index (χ2v) is 7.47. The van der Waals surface area contributed by atoms with Crippen LogP contribution in [0, 0.1) is 0 Å². The minimum Gasteiger partial charge on any atom is -0.356 e. The average molecular weight is 367 g/mol. The summed E-state index contributed by atoms with van der Waals surface area (Å²) in [6.07, 6.45) is 4.21. The number of carbonyl (C=O) groups excluding carboxylic acids is 3. The molecular weight excluding hydrogens is 338 g/mol. The van der Waals surface area contributed by atoms with Crippen molar-refractivity contribution in [3.8, 4) is 0 Å². The van der Waals surface area contributed by atoms with Crippen molar-refractivity contribution in [2.24, 2.45) is 0 Å². The van der Waals surface area contributed by atoms with Crippen LogP contribution in [0.3, 0.4) is 0 Å². The molecule has 1 aliphatic rings. The molecule has 1 N–H and O–H groups in total. The minimum absolute atomic E-state index is 0.0180. The van der Waals surface area contributed by atoms with Crippen LogP contribution in [0.1, 0.15) is 75.2 Å². The van der Waals surface area contributed by atoms with Gasteiger partial charge >= 0.3 is 0 Å². The molecule has 0 radical (unpaired) electrons. The van der Waals surface area contributed by atoms with Gasteiger partial charge in [-0.05, 0) is 49.3 Å². The van der Waals surface area contributed by atoms with Crippen molar-refractivity contribution in [2.45, 2.75) is 59.3 Å². The number of ketones is 2. The van der Waals surface area contributed by atoms with Crippen molar-refractivity contribution in [3.63, 3.8) is 0 Å². The third kappa shape index (κ3) is 6.02. The van der Waals surface area contributed by atoms with Crippen molar-refractivity contribution >= 4 is 17.5 Å². The van der Waals surface area contributed by atoms with Crippen LogP contribution in [-0.4, -0.2) is 24.0 Å². The molecule has 1 amide bonds. The third-order valence-corrected chi connectivity index (χ3v) is 5.07. The van der Waals surface area contributed by atoms with Crippen LogP contribution in [-0.2, 0) is 9.59 Å². The fourth-order valence-electron chi connectivity index (χ4n) is 3.44. The maximum atomic E-state index is 12.5. The van der Waals surface area contributed by atoms with E-state index in [4.69, 9.17) is 0 Å². The number of allylic oxidation sites excluding steroid dienone is 4. The molecule has 27 heavy (non-hydrogen) atoms. The first-order valence-corrected chi connectivity index (χ1v) is 9.55. The van der Waals surface area contributed by atoms with Crippen LogP contribution < -0.4 is 5.32 Å². The number of rotatable bonds is 8. The summed E-state index contributed by atoms with van der Waals surface area (Å²) in [4.78, 5) is 35.6. The van der Waals surface area contributed by atoms with Crippen molar-refractivity contribution in [1.29, 1.82) is 0 Å². The van der Waals surface area contributed by atoms with Gasteiger partial charge in [0, 0.05) is 31.9 Å². The molecule has 1 aromatic rings. The molecule has 144 valence electrons. The molecule has 4 heteroatoms. The predicted octanol–water partition coefficient (Wildman–Crippen LogP) is 4.51. The van der Waals surface area contributed by atoms with Gasteiger partial charge in [-0.1, -0.05) is 42.8 Å². The van der Waals surface area contributed by atoms with Crippen LogP contribution in [0.5, 0.6) is 0 Å². The molecule has 0 bridgehead atoms. The number of carbonyl (C=O) groups is 3. The Hall–Kier alpha value is -2.49. The fourth-order valence-corrected chi connectivity index (χ4v) is 3.44. The average Bonchev–Trinajstić information content (AvgIpc) is 2.60.